The summed E-state index contributed by atoms with van der Waals surface area (Å²) in [5.74, 6) is -1.86. The van der Waals surface area contributed by atoms with Gasteiger partial charge < -0.3 is 25.6 Å². The van der Waals surface area contributed by atoms with Crippen molar-refractivity contribution in [2.75, 3.05) is 13.2 Å². The van der Waals surface area contributed by atoms with Crippen LogP contribution >= 0.6 is 0 Å². The van der Waals surface area contributed by atoms with Gasteiger partial charge in [-0.05, 0) is 28.7 Å². The smallest absolute Gasteiger partial charge is 0.407 e. The molecule has 0 fully saturated rings. The first-order valence-electron chi connectivity index (χ1n) is 11.2. The van der Waals surface area contributed by atoms with Gasteiger partial charge in [0.1, 0.15) is 12.6 Å². The van der Waals surface area contributed by atoms with Gasteiger partial charge in [-0.3, -0.25) is 4.79 Å². The van der Waals surface area contributed by atoms with Gasteiger partial charge in [0.25, 0.3) is 0 Å². The Labute approximate surface area is 193 Å². The Morgan fingerprint density at radius 1 is 1.00 bits per heavy atom. The molecule has 0 saturated carbocycles. The minimum atomic E-state index is -1.55. The third-order valence-electron chi connectivity index (χ3n) is 5.80. The molecule has 8 heteroatoms. The molecule has 2 aromatic carbocycles. The molecule has 33 heavy (non-hydrogen) atoms. The highest BCUT2D eigenvalue weighted by Crippen LogP contribution is 2.44. The Hall–Kier alpha value is -3.39. The number of ether oxygens (including phenoxy) is 1. The third-order valence-corrected chi connectivity index (χ3v) is 5.80. The molecule has 8 nitrogen and oxygen atoms in total. The van der Waals surface area contributed by atoms with Gasteiger partial charge in [-0.1, -0.05) is 68.3 Å². The number of nitrogens with one attached hydrogen (secondary N) is 2. The van der Waals surface area contributed by atoms with Crippen molar-refractivity contribution in [2.24, 2.45) is 0 Å². The minimum Gasteiger partial charge on any atom is -0.479 e. The normalized spacial score (nSPS) is 14.0. The molecule has 0 saturated heterocycles. The number of carbonyl (C=O) groups is 3. The van der Waals surface area contributed by atoms with Crippen LogP contribution in [0.25, 0.3) is 11.1 Å². The van der Waals surface area contributed by atoms with Crippen molar-refractivity contribution < 1.29 is 29.3 Å². The molecule has 0 bridgehead atoms. The summed E-state index contributed by atoms with van der Waals surface area (Å²) in [6.45, 7) is 2.11. The summed E-state index contributed by atoms with van der Waals surface area (Å²) in [6, 6.07) is 15.3. The molecule has 2 atom stereocenters. The number of benzene rings is 2. The minimum absolute atomic E-state index is 0.0126. The second-order valence-corrected chi connectivity index (χ2v) is 8.10. The summed E-state index contributed by atoms with van der Waals surface area (Å²) >= 11 is 0. The van der Waals surface area contributed by atoms with Crippen molar-refractivity contribution in [1.82, 2.24) is 10.6 Å². The summed E-state index contributed by atoms with van der Waals surface area (Å²) in [7, 11) is 0. The van der Waals surface area contributed by atoms with E-state index in [-0.39, 0.29) is 25.5 Å². The van der Waals surface area contributed by atoms with E-state index in [1.165, 1.54) is 0 Å². The van der Waals surface area contributed by atoms with Crippen molar-refractivity contribution in [3.05, 3.63) is 59.7 Å². The molecule has 176 valence electrons. The van der Waals surface area contributed by atoms with Crippen molar-refractivity contribution in [3.63, 3.8) is 0 Å². The molecular formula is C25H30N2O6. The average Bonchev–Trinajstić information content (AvgIpc) is 3.13. The van der Waals surface area contributed by atoms with Crippen LogP contribution in [0.4, 0.5) is 4.79 Å². The molecule has 2 amide bonds. The fourth-order valence-corrected chi connectivity index (χ4v) is 4.04. The number of aliphatic hydroxyl groups excluding tert-OH is 1. The molecule has 1 aliphatic carbocycles. The number of unbranched alkanes of at least 4 members (excludes halogenated alkanes) is 1. The van der Waals surface area contributed by atoms with E-state index in [1.807, 2.05) is 43.3 Å². The molecule has 2 aromatic rings. The molecule has 1 aliphatic rings. The summed E-state index contributed by atoms with van der Waals surface area (Å²) in [5, 5.41) is 23.3. The molecular weight excluding hydrogens is 424 g/mol. The summed E-state index contributed by atoms with van der Waals surface area (Å²) in [5.41, 5.74) is 4.46. The van der Waals surface area contributed by atoms with Gasteiger partial charge in [-0.2, -0.15) is 0 Å². The van der Waals surface area contributed by atoms with Gasteiger partial charge in [0.2, 0.25) is 5.91 Å². The van der Waals surface area contributed by atoms with Crippen LogP contribution in [0.1, 0.15) is 49.7 Å². The van der Waals surface area contributed by atoms with E-state index in [1.54, 1.807) is 0 Å². The van der Waals surface area contributed by atoms with E-state index in [2.05, 4.69) is 22.8 Å². The number of rotatable bonds is 11. The quantitative estimate of drug-likeness (QED) is 0.414. The summed E-state index contributed by atoms with van der Waals surface area (Å²) < 4.78 is 5.53. The second kappa shape index (κ2) is 11.5. The number of hydrogen-bond acceptors (Lipinski definition) is 5. The lowest BCUT2D eigenvalue weighted by molar-refractivity contribution is -0.147. The number of carboxylic acids is 1. The van der Waals surface area contributed by atoms with E-state index >= 15 is 0 Å². The van der Waals surface area contributed by atoms with E-state index in [0.717, 1.165) is 35.1 Å². The van der Waals surface area contributed by atoms with Crippen LogP contribution in [0.3, 0.4) is 0 Å². The van der Waals surface area contributed by atoms with Crippen molar-refractivity contribution in [2.45, 2.75) is 50.7 Å². The highest BCUT2D eigenvalue weighted by atomic mass is 16.5. The molecule has 0 aromatic heterocycles. The van der Waals surface area contributed by atoms with Gasteiger partial charge in [0.15, 0.2) is 6.10 Å². The summed E-state index contributed by atoms with van der Waals surface area (Å²) in [6.07, 6.45) is -0.360. The van der Waals surface area contributed by atoms with Crippen LogP contribution in [0.2, 0.25) is 0 Å². The number of aliphatic hydroxyl groups is 1. The van der Waals surface area contributed by atoms with E-state index < -0.39 is 30.1 Å². The molecule has 0 aliphatic heterocycles. The monoisotopic (exact) mass is 454 g/mol. The predicted molar refractivity (Wildman–Crippen MR) is 123 cm³/mol. The lowest BCUT2D eigenvalue weighted by atomic mass is 9.98. The zero-order valence-corrected chi connectivity index (χ0v) is 18.6. The number of aliphatic carboxylic acids is 1. The van der Waals surface area contributed by atoms with Gasteiger partial charge in [0.05, 0.1) is 0 Å². The Balaban J connectivity index is 1.58. The van der Waals surface area contributed by atoms with Crippen LogP contribution in [0.5, 0.6) is 0 Å². The molecule has 0 radical (unpaired) electrons. The number of carboxylic acid groups (broad SMARTS) is 1. The average molecular weight is 455 g/mol. The van der Waals surface area contributed by atoms with Crippen LogP contribution in [-0.2, 0) is 14.3 Å². The zero-order chi connectivity index (χ0) is 23.8. The fraction of sp³-hybridized carbons (Fsp3) is 0.400. The number of amides is 2. The van der Waals surface area contributed by atoms with Crippen LogP contribution in [-0.4, -0.2) is 53.5 Å². The van der Waals surface area contributed by atoms with E-state index in [4.69, 9.17) is 9.84 Å². The highest BCUT2D eigenvalue weighted by Gasteiger charge is 2.29. The Morgan fingerprint density at radius 3 is 2.18 bits per heavy atom. The van der Waals surface area contributed by atoms with E-state index in [9.17, 15) is 19.5 Å². The SMILES string of the molecule is CCCCC(NC(=O)OCC1c2ccccc2-c2ccccc21)C(=O)NCC[C@H](O)C(=O)O. The standard InChI is InChI=1S/C25H30N2O6/c1-2-3-12-21(23(29)26-14-13-22(28)24(30)31)27-25(32)33-15-20-18-10-6-4-8-16(18)17-9-5-7-11-19(17)20/h4-11,20-22,28H,2-3,12-15H2,1H3,(H,26,29)(H,27,32)(H,30,31)/t21?,22-/m0/s1. The van der Waals surface area contributed by atoms with Gasteiger partial charge >= 0.3 is 12.1 Å². The summed E-state index contributed by atoms with van der Waals surface area (Å²) in [4.78, 5) is 35.7. The Kier molecular flexibility index (Phi) is 8.43. The maximum Gasteiger partial charge on any atom is 0.407 e. The molecule has 0 spiro atoms. The topological polar surface area (TPSA) is 125 Å². The Morgan fingerprint density at radius 2 is 1.61 bits per heavy atom. The highest BCUT2D eigenvalue weighted by molar-refractivity contribution is 5.85. The number of alkyl carbamates (subject to hydrolysis) is 1. The third kappa shape index (κ3) is 6.10. The molecule has 1 unspecified atom stereocenters. The first kappa shape index (κ1) is 24.3. The van der Waals surface area contributed by atoms with Crippen molar-refractivity contribution in [1.29, 1.82) is 0 Å². The maximum absolute atomic E-state index is 12.5. The maximum atomic E-state index is 12.5. The zero-order valence-electron chi connectivity index (χ0n) is 18.6. The molecule has 3 rings (SSSR count). The largest absolute Gasteiger partial charge is 0.479 e. The van der Waals surface area contributed by atoms with Gasteiger partial charge in [0, 0.05) is 18.9 Å². The van der Waals surface area contributed by atoms with Gasteiger partial charge in [-0.25, -0.2) is 9.59 Å². The predicted octanol–water partition coefficient (Wildman–Crippen LogP) is 3.04. The fourth-order valence-electron chi connectivity index (χ4n) is 4.04. The second-order valence-electron chi connectivity index (χ2n) is 8.10. The van der Waals surface area contributed by atoms with Crippen LogP contribution in [0, 0.1) is 0 Å². The first-order chi connectivity index (χ1) is 15.9. The van der Waals surface area contributed by atoms with Crippen LogP contribution in [0.15, 0.2) is 48.5 Å². The lowest BCUT2D eigenvalue weighted by Gasteiger charge is -2.20. The Bertz CT molecular complexity index is 947. The molecule has 0 heterocycles. The first-order valence-corrected chi connectivity index (χ1v) is 11.2. The van der Waals surface area contributed by atoms with Crippen molar-refractivity contribution in [3.8, 4) is 11.1 Å². The lowest BCUT2D eigenvalue weighted by Crippen LogP contribution is -2.47. The van der Waals surface area contributed by atoms with Gasteiger partial charge in [-0.15, -0.1) is 0 Å². The number of hydrogen-bond donors (Lipinski definition) is 4. The van der Waals surface area contributed by atoms with Crippen molar-refractivity contribution >= 4 is 18.0 Å². The van der Waals surface area contributed by atoms with Crippen LogP contribution < -0.4 is 10.6 Å². The van der Waals surface area contributed by atoms with E-state index in [0.29, 0.717) is 6.42 Å². The molecule has 4 N–H and O–H groups in total. The number of fused-ring (bicyclic) bond motifs is 3. The number of carbonyl (C=O) groups excluding carboxylic acids is 2.